The lowest BCUT2D eigenvalue weighted by Gasteiger charge is -2.32. The molecule has 26 heavy (non-hydrogen) atoms. The zero-order valence-corrected chi connectivity index (χ0v) is 15.8. The van der Waals surface area contributed by atoms with E-state index in [0.717, 1.165) is 5.56 Å². The lowest BCUT2D eigenvalue weighted by atomic mass is 9.81. The minimum absolute atomic E-state index is 0.0178. The van der Waals surface area contributed by atoms with Crippen LogP contribution in [0, 0.1) is 5.92 Å². The van der Waals surface area contributed by atoms with Crippen LogP contribution < -0.4 is 0 Å². The number of likely N-dealkylation sites (tertiary alicyclic amines) is 1. The molecule has 0 bridgehead atoms. The third kappa shape index (κ3) is 5.07. The van der Waals surface area contributed by atoms with Gasteiger partial charge >= 0.3 is 5.97 Å². The van der Waals surface area contributed by atoms with Crippen LogP contribution in [0.4, 0.5) is 0 Å². The van der Waals surface area contributed by atoms with Crippen molar-refractivity contribution in [3.05, 3.63) is 35.9 Å². The Morgan fingerprint density at radius 1 is 1.23 bits per heavy atom. The quantitative estimate of drug-likeness (QED) is 0.843. The number of piperidine rings is 1. The summed E-state index contributed by atoms with van der Waals surface area (Å²) < 4.78 is 0. The fourth-order valence-corrected chi connectivity index (χ4v) is 3.30. The molecule has 1 unspecified atom stereocenters. The van der Waals surface area contributed by atoms with Crippen molar-refractivity contribution >= 4 is 17.8 Å². The molecule has 1 heterocycles. The number of carbonyl (C=O) groups excluding carboxylic acids is 2. The van der Waals surface area contributed by atoms with Crippen molar-refractivity contribution in [1.82, 2.24) is 9.80 Å². The number of carboxylic acid groups (broad SMARTS) is 1. The number of carboxylic acids is 1. The molecule has 0 aliphatic carbocycles. The Morgan fingerprint density at radius 3 is 2.50 bits per heavy atom. The van der Waals surface area contributed by atoms with E-state index in [1.165, 1.54) is 4.90 Å². The highest BCUT2D eigenvalue weighted by atomic mass is 16.4. The zero-order chi connectivity index (χ0) is 19.3. The summed E-state index contributed by atoms with van der Waals surface area (Å²) in [5.74, 6) is -1.66. The lowest BCUT2D eigenvalue weighted by Crippen LogP contribution is -2.47. The van der Waals surface area contributed by atoms with E-state index in [1.54, 1.807) is 11.9 Å². The van der Waals surface area contributed by atoms with Crippen LogP contribution >= 0.6 is 0 Å². The first-order chi connectivity index (χ1) is 12.2. The second-order valence-corrected chi connectivity index (χ2v) is 7.69. The molecule has 0 saturated carbocycles. The minimum Gasteiger partial charge on any atom is -0.481 e. The van der Waals surface area contributed by atoms with E-state index in [2.05, 4.69) is 0 Å². The number of amides is 2. The highest BCUT2D eigenvalue weighted by Gasteiger charge is 2.30. The molecule has 1 aliphatic heterocycles. The molecule has 1 aromatic carbocycles. The number of hydrogen-bond donors (Lipinski definition) is 1. The van der Waals surface area contributed by atoms with Crippen molar-refractivity contribution in [3.8, 4) is 0 Å². The number of nitrogens with zero attached hydrogens (tertiary/aromatic N) is 2. The molecule has 0 radical (unpaired) electrons. The normalized spacial score (nSPS) is 17.7. The average molecular weight is 360 g/mol. The van der Waals surface area contributed by atoms with Gasteiger partial charge < -0.3 is 14.9 Å². The monoisotopic (exact) mass is 360 g/mol. The number of rotatable bonds is 6. The summed E-state index contributed by atoms with van der Waals surface area (Å²) >= 11 is 0. The predicted octanol–water partition coefficient (Wildman–Crippen LogP) is 2.14. The average Bonchev–Trinajstić information content (AvgIpc) is 2.62. The number of carbonyl (C=O) groups is 3. The van der Waals surface area contributed by atoms with Crippen molar-refractivity contribution in [3.63, 3.8) is 0 Å². The Labute approximate surface area is 154 Å². The summed E-state index contributed by atoms with van der Waals surface area (Å²) in [7, 11) is 1.62. The van der Waals surface area contributed by atoms with Gasteiger partial charge in [-0.2, -0.15) is 0 Å². The first-order valence-corrected chi connectivity index (χ1v) is 9.01. The van der Waals surface area contributed by atoms with Crippen molar-refractivity contribution in [1.29, 1.82) is 0 Å². The van der Waals surface area contributed by atoms with E-state index in [1.807, 2.05) is 44.2 Å². The van der Waals surface area contributed by atoms with Gasteiger partial charge in [0.05, 0.1) is 12.5 Å². The Bertz CT molecular complexity index is 657. The highest BCUT2D eigenvalue weighted by molar-refractivity contribution is 5.85. The molecule has 0 aromatic heterocycles. The van der Waals surface area contributed by atoms with E-state index < -0.39 is 11.9 Å². The van der Waals surface area contributed by atoms with E-state index in [-0.39, 0.29) is 30.3 Å². The first-order valence-electron chi connectivity index (χ1n) is 9.01. The molecule has 1 aromatic rings. The van der Waals surface area contributed by atoms with Crippen LogP contribution in [-0.2, 0) is 19.8 Å². The maximum atomic E-state index is 12.6. The summed E-state index contributed by atoms with van der Waals surface area (Å²) in [6.45, 7) is 4.79. The summed E-state index contributed by atoms with van der Waals surface area (Å²) in [4.78, 5) is 39.2. The van der Waals surface area contributed by atoms with Crippen LogP contribution in [-0.4, -0.2) is 59.4 Å². The molecule has 1 N–H and O–H groups in total. The molecular weight excluding hydrogens is 332 g/mol. The second kappa shape index (κ2) is 8.34. The van der Waals surface area contributed by atoms with E-state index in [4.69, 9.17) is 5.11 Å². The van der Waals surface area contributed by atoms with Gasteiger partial charge in [-0.05, 0) is 23.8 Å². The van der Waals surface area contributed by atoms with Gasteiger partial charge in [0, 0.05) is 26.6 Å². The van der Waals surface area contributed by atoms with Gasteiger partial charge in [0.1, 0.15) is 0 Å². The molecule has 1 fully saturated rings. The molecule has 1 saturated heterocycles. The topological polar surface area (TPSA) is 77.9 Å². The predicted molar refractivity (Wildman–Crippen MR) is 98.7 cm³/mol. The first kappa shape index (κ1) is 19.9. The summed E-state index contributed by atoms with van der Waals surface area (Å²) in [5, 5.41) is 9.14. The largest absolute Gasteiger partial charge is 0.481 e. The third-order valence-corrected chi connectivity index (χ3v) is 5.07. The number of aliphatic carboxylic acids is 1. The van der Waals surface area contributed by atoms with Gasteiger partial charge in [-0.15, -0.1) is 0 Å². The van der Waals surface area contributed by atoms with Crippen molar-refractivity contribution < 1.29 is 19.5 Å². The molecule has 0 spiro atoms. The van der Waals surface area contributed by atoms with Crippen molar-refractivity contribution in [2.45, 2.75) is 38.5 Å². The summed E-state index contributed by atoms with van der Waals surface area (Å²) in [6, 6.07) is 9.83. The molecule has 142 valence electrons. The van der Waals surface area contributed by atoms with Gasteiger partial charge in [0.2, 0.25) is 11.8 Å². The summed E-state index contributed by atoms with van der Waals surface area (Å²) in [6.07, 6.45) is 1.58. The molecule has 1 aliphatic rings. The molecular formula is C20H28N2O4. The van der Waals surface area contributed by atoms with Gasteiger partial charge in [0.25, 0.3) is 0 Å². The minimum atomic E-state index is -0.864. The lowest BCUT2D eigenvalue weighted by molar-refractivity contribution is -0.147. The Hall–Kier alpha value is -2.37. The molecule has 6 heteroatoms. The molecule has 2 rings (SSSR count). The summed E-state index contributed by atoms with van der Waals surface area (Å²) in [5.41, 5.74) is 0.753. The van der Waals surface area contributed by atoms with E-state index in [9.17, 15) is 14.4 Å². The zero-order valence-electron chi connectivity index (χ0n) is 15.8. The molecule has 2 amide bonds. The van der Waals surface area contributed by atoms with Gasteiger partial charge in [-0.1, -0.05) is 44.2 Å². The van der Waals surface area contributed by atoms with Crippen LogP contribution in [0.1, 0.15) is 38.7 Å². The second-order valence-electron chi connectivity index (χ2n) is 7.69. The number of hydrogen-bond acceptors (Lipinski definition) is 3. The SMILES string of the molecule is CN(CC(=O)N1CCCC(C(=O)O)C1)C(=O)CC(C)(C)c1ccccc1. The van der Waals surface area contributed by atoms with Crippen LogP contribution in [0.25, 0.3) is 0 Å². The van der Waals surface area contributed by atoms with Crippen LogP contribution in [0.2, 0.25) is 0 Å². The Morgan fingerprint density at radius 2 is 1.88 bits per heavy atom. The highest BCUT2D eigenvalue weighted by Crippen LogP contribution is 2.27. The van der Waals surface area contributed by atoms with Crippen LogP contribution in [0.15, 0.2) is 30.3 Å². The number of benzene rings is 1. The Kier molecular flexibility index (Phi) is 6.40. The molecule has 6 nitrogen and oxygen atoms in total. The molecule has 1 atom stereocenters. The maximum absolute atomic E-state index is 12.6. The standard InChI is InChI=1S/C20H28N2O4/c1-20(2,16-9-5-4-6-10-16)12-17(23)21(3)14-18(24)22-11-7-8-15(13-22)19(25)26/h4-6,9-10,15H,7-8,11-14H2,1-3H3,(H,25,26). The van der Waals surface area contributed by atoms with E-state index >= 15 is 0 Å². The van der Waals surface area contributed by atoms with Crippen LogP contribution in [0.3, 0.4) is 0 Å². The van der Waals surface area contributed by atoms with Crippen molar-refractivity contribution in [2.24, 2.45) is 5.92 Å². The smallest absolute Gasteiger partial charge is 0.308 e. The number of likely N-dealkylation sites (N-methyl/N-ethyl adjacent to an activating group) is 1. The third-order valence-electron chi connectivity index (χ3n) is 5.07. The van der Waals surface area contributed by atoms with Gasteiger partial charge in [-0.25, -0.2) is 0 Å². The van der Waals surface area contributed by atoms with Gasteiger partial charge in [-0.3, -0.25) is 14.4 Å². The van der Waals surface area contributed by atoms with Crippen molar-refractivity contribution in [2.75, 3.05) is 26.7 Å². The van der Waals surface area contributed by atoms with Crippen LogP contribution in [0.5, 0.6) is 0 Å². The maximum Gasteiger partial charge on any atom is 0.308 e. The van der Waals surface area contributed by atoms with E-state index in [0.29, 0.717) is 25.8 Å². The Balaban J connectivity index is 1.92. The van der Waals surface area contributed by atoms with Gasteiger partial charge in [0.15, 0.2) is 0 Å². The fourth-order valence-electron chi connectivity index (χ4n) is 3.30. The fraction of sp³-hybridized carbons (Fsp3) is 0.550.